The summed E-state index contributed by atoms with van der Waals surface area (Å²) in [6.07, 6.45) is 13.2. The summed E-state index contributed by atoms with van der Waals surface area (Å²) >= 11 is 5.44. The highest BCUT2D eigenvalue weighted by Gasteiger charge is 2.42. The average Bonchev–Trinajstić information content (AvgIpc) is 4.28. The van der Waals surface area contributed by atoms with Crippen molar-refractivity contribution in [2.75, 3.05) is 39.4 Å². The second-order valence-electron chi connectivity index (χ2n) is 21.5. The minimum absolute atomic E-state index is 0.00382. The largest absolute Gasteiger partial charge is 0.361 e. The van der Waals surface area contributed by atoms with E-state index in [1.807, 2.05) is 4.57 Å². The molecular formula is C48H66BrIN12O6Si2. The van der Waals surface area contributed by atoms with E-state index in [4.69, 9.17) is 20.0 Å². The summed E-state index contributed by atoms with van der Waals surface area (Å²) in [4.78, 5) is 75.1. The van der Waals surface area contributed by atoms with E-state index in [0.717, 1.165) is 37.8 Å². The van der Waals surface area contributed by atoms with Crippen LogP contribution in [0.2, 0.25) is 51.4 Å². The molecule has 376 valence electrons. The Balaban J connectivity index is 0.000000206. The highest BCUT2D eigenvalue weighted by Crippen LogP contribution is 2.36. The first-order valence-electron chi connectivity index (χ1n) is 24.5. The molecule has 2 N–H and O–H groups in total. The van der Waals surface area contributed by atoms with E-state index in [0.29, 0.717) is 114 Å². The van der Waals surface area contributed by atoms with E-state index in [1.165, 1.54) is 0 Å². The Kier molecular flexibility index (Phi) is 17.9. The second-order valence-corrected chi connectivity index (χ2v) is 34.6. The number of amides is 4. The van der Waals surface area contributed by atoms with Gasteiger partial charge in [0.2, 0.25) is 11.8 Å². The van der Waals surface area contributed by atoms with Gasteiger partial charge in [0.05, 0.1) is 35.7 Å². The lowest BCUT2D eigenvalue weighted by Gasteiger charge is -2.32. The number of nitrogens with one attached hydrogen (secondary N) is 2. The predicted molar refractivity (Wildman–Crippen MR) is 281 cm³/mol. The average molecular weight is 1170 g/mol. The molecule has 4 amide bonds. The minimum Gasteiger partial charge on any atom is -0.361 e. The number of hydrogen-bond acceptors (Lipinski definition) is 12. The van der Waals surface area contributed by atoms with Gasteiger partial charge in [0.1, 0.15) is 44.9 Å². The molecule has 4 aromatic heterocycles. The van der Waals surface area contributed by atoms with E-state index in [-0.39, 0.29) is 54.0 Å². The maximum absolute atomic E-state index is 13.4. The van der Waals surface area contributed by atoms with Gasteiger partial charge in [0.25, 0.3) is 11.8 Å². The van der Waals surface area contributed by atoms with Gasteiger partial charge in [-0.15, -0.1) is 0 Å². The van der Waals surface area contributed by atoms with Crippen molar-refractivity contribution < 1.29 is 28.7 Å². The maximum Gasteiger partial charge on any atom is 0.255 e. The van der Waals surface area contributed by atoms with Crippen molar-refractivity contribution in [1.82, 2.24) is 49.5 Å². The molecule has 4 aromatic rings. The van der Waals surface area contributed by atoms with Crippen LogP contribution in [0.5, 0.6) is 0 Å². The van der Waals surface area contributed by atoms with Gasteiger partial charge >= 0.3 is 0 Å². The van der Waals surface area contributed by atoms with Crippen LogP contribution in [-0.4, -0.2) is 130 Å². The number of aromatic nitrogens is 6. The van der Waals surface area contributed by atoms with Crippen LogP contribution in [-0.2, 0) is 32.5 Å². The van der Waals surface area contributed by atoms with Crippen molar-refractivity contribution in [3.63, 3.8) is 0 Å². The lowest BCUT2D eigenvalue weighted by Crippen LogP contribution is -2.51. The molecule has 0 spiro atoms. The van der Waals surface area contributed by atoms with Crippen LogP contribution in [0.25, 0.3) is 22.3 Å². The lowest BCUT2D eigenvalue weighted by atomic mass is 9.97. The molecular weight excluding hydrogens is 1100 g/mol. The molecule has 6 heterocycles. The van der Waals surface area contributed by atoms with Crippen molar-refractivity contribution in [3.8, 4) is 12.1 Å². The van der Waals surface area contributed by atoms with Crippen LogP contribution in [0.4, 0.5) is 0 Å². The van der Waals surface area contributed by atoms with E-state index in [1.54, 1.807) is 39.2 Å². The Hall–Kier alpha value is -4.34. The van der Waals surface area contributed by atoms with Gasteiger partial charge in [-0.2, -0.15) is 10.5 Å². The zero-order valence-electron chi connectivity index (χ0n) is 41.2. The van der Waals surface area contributed by atoms with Gasteiger partial charge < -0.3 is 39.0 Å². The number of nitrogens with zero attached hydrogens (tertiary/aromatic N) is 10. The fourth-order valence-corrected chi connectivity index (χ4v) is 10.8. The first-order valence-corrected chi connectivity index (χ1v) is 33.8. The predicted octanol–water partition coefficient (Wildman–Crippen LogP) is 7.40. The van der Waals surface area contributed by atoms with Gasteiger partial charge in [-0.3, -0.25) is 19.2 Å². The van der Waals surface area contributed by atoms with Gasteiger partial charge in [-0.25, -0.2) is 19.9 Å². The number of fused-ring (bicyclic) bond motifs is 2. The summed E-state index contributed by atoms with van der Waals surface area (Å²) in [6, 6.07) is 5.58. The van der Waals surface area contributed by atoms with Gasteiger partial charge in [0, 0.05) is 79.8 Å². The maximum atomic E-state index is 13.4. The molecule has 0 aromatic carbocycles. The molecule has 2 aliphatic heterocycles. The molecule has 4 fully saturated rings. The van der Waals surface area contributed by atoms with Crippen LogP contribution < -0.4 is 10.6 Å². The number of ether oxygens (including phenoxy) is 2. The molecule has 2 saturated heterocycles. The second kappa shape index (κ2) is 23.5. The molecule has 4 aliphatic rings. The van der Waals surface area contributed by atoms with Crippen molar-refractivity contribution in [1.29, 1.82) is 10.5 Å². The molecule has 18 nitrogen and oxygen atoms in total. The zero-order chi connectivity index (χ0) is 50.3. The SMILES string of the molecule is C[Si](C)(C)CCOCn1cc(C(=O)N[C@@H](C(=O)N2CCC(C#N)CC2)C2CC2)c2nc(Br)cnc21.C[Si](C)(C)CCOCn1cc(C(=O)N[C@@H](C(=O)N2CCC(C#N)CC2)C2CC2)c2nc(I)cnc21. The number of halogens is 2. The van der Waals surface area contributed by atoms with Crippen molar-refractivity contribution in [2.24, 2.45) is 23.7 Å². The molecule has 0 unspecified atom stereocenters. The fraction of sp³-hybridized carbons (Fsp3) is 0.625. The Morgan fingerprint density at radius 2 is 1.09 bits per heavy atom. The zero-order valence-corrected chi connectivity index (χ0v) is 46.9. The van der Waals surface area contributed by atoms with Crippen molar-refractivity contribution in [3.05, 3.63) is 44.2 Å². The normalized spacial score (nSPS) is 17.9. The van der Waals surface area contributed by atoms with Gasteiger partial charge in [-0.05, 0) is 114 Å². The van der Waals surface area contributed by atoms with Crippen molar-refractivity contribution >= 4 is 101 Å². The summed E-state index contributed by atoms with van der Waals surface area (Å²) in [5.41, 5.74) is 2.93. The lowest BCUT2D eigenvalue weighted by molar-refractivity contribution is -0.135. The van der Waals surface area contributed by atoms with Gasteiger partial charge in [-0.1, -0.05) is 39.3 Å². The monoisotopic (exact) mass is 1170 g/mol. The summed E-state index contributed by atoms with van der Waals surface area (Å²) in [6.45, 7) is 18.0. The highest BCUT2D eigenvalue weighted by atomic mass is 127. The number of likely N-dealkylation sites (tertiary alicyclic amines) is 2. The molecule has 2 atom stereocenters. The number of hydrogen-bond donors (Lipinski definition) is 2. The van der Waals surface area contributed by atoms with Crippen LogP contribution >= 0.6 is 38.5 Å². The fourth-order valence-electron chi connectivity index (χ4n) is 8.58. The first kappa shape index (κ1) is 53.5. The molecule has 2 saturated carbocycles. The third kappa shape index (κ3) is 14.4. The number of piperidine rings is 2. The Morgan fingerprint density at radius 3 is 1.47 bits per heavy atom. The van der Waals surface area contributed by atoms with E-state index >= 15 is 0 Å². The molecule has 2 aliphatic carbocycles. The summed E-state index contributed by atoms with van der Waals surface area (Å²) in [7, 11) is -2.41. The molecule has 0 bridgehead atoms. The smallest absolute Gasteiger partial charge is 0.255 e. The molecule has 22 heteroatoms. The quantitative estimate of drug-likeness (QED) is 0.0565. The van der Waals surface area contributed by atoms with Crippen LogP contribution in [0.1, 0.15) is 72.1 Å². The molecule has 70 heavy (non-hydrogen) atoms. The van der Waals surface area contributed by atoms with E-state index in [2.05, 4.69) is 121 Å². The summed E-state index contributed by atoms with van der Waals surface area (Å²) in [5, 5.41) is 24.3. The minimum atomic E-state index is -1.21. The summed E-state index contributed by atoms with van der Waals surface area (Å²) in [5.74, 6) is -0.429. The standard InChI is InChI=1S/C24H33BrN6O3Si.C24H33IN6O3Si/c2*1-35(2,3)11-10-34-15-31-14-18(21-22(31)27-13-19(25)28-21)23(32)29-20(17-4-5-17)24(33)30-8-6-16(12-26)7-9-30/h2*13-14,16-17,20H,4-11,15H2,1-3H3,(H,29,32)/t2*20-/m11/s1. The van der Waals surface area contributed by atoms with Crippen LogP contribution in [0, 0.1) is 50.0 Å². The number of rotatable bonds is 18. The molecule has 8 rings (SSSR count). The summed E-state index contributed by atoms with van der Waals surface area (Å²) < 4.78 is 16.6. The highest BCUT2D eigenvalue weighted by molar-refractivity contribution is 14.1. The third-order valence-corrected chi connectivity index (χ3v) is 17.6. The first-order chi connectivity index (χ1) is 33.3. The van der Waals surface area contributed by atoms with Gasteiger partial charge in [0.15, 0.2) is 11.3 Å². The Morgan fingerprint density at radius 1 is 0.686 bits per heavy atom. The Bertz CT molecular complexity index is 2440. The number of carbonyl (C=O) groups is 4. The third-order valence-electron chi connectivity index (χ3n) is 13.3. The number of nitriles is 2. The van der Waals surface area contributed by atoms with Crippen molar-refractivity contribution in [2.45, 2.75) is 128 Å². The number of carbonyl (C=O) groups excluding carboxylic acids is 4. The van der Waals surface area contributed by atoms with E-state index < -0.39 is 28.2 Å². The van der Waals surface area contributed by atoms with E-state index in [9.17, 15) is 19.2 Å². The van der Waals surface area contributed by atoms with Crippen LogP contribution in [0.15, 0.2) is 29.4 Å². The Labute approximate surface area is 434 Å². The van der Waals surface area contributed by atoms with Crippen LogP contribution in [0.3, 0.4) is 0 Å². The molecule has 0 radical (unpaired) electrons. The topological polar surface area (TPSA) is 226 Å².